The Balaban J connectivity index is 2.31. The molecule has 0 radical (unpaired) electrons. The van der Waals surface area contributed by atoms with Crippen LogP contribution < -0.4 is 5.32 Å². The van der Waals surface area contributed by atoms with Crippen molar-refractivity contribution in [1.82, 2.24) is 10.3 Å². The van der Waals surface area contributed by atoms with Gasteiger partial charge in [0.05, 0.1) is 0 Å². The number of amidine groups is 1. The maximum Gasteiger partial charge on any atom is 0.247 e. The highest BCUT2D eigenvalue weighted by molar-refractivity contribution is 9.10. The summed E-state index contributed by atoms with van der Waals surface area (Å²) >= 11 is 3.29. The zero-order valence-electron chi connectivity index (χ0n) is 6.62. The fourth-order valence-electron chi connectivity index (χ4n) is 1.07. The minimum absolute atomic E-state index is 0.0741. The topological polar surface area (TPSA) is 54.4 Å². The first-order chi connectivity index (χ1) is 6.25. The van der Waals surface area contributed by atoms with E-state index in [4.69, 9.17) is 0 Å². The van der Waals surface area contributed by atoms with Crippen molar-refractivity contribution in [2.24, 2.45) is 4.99 Å². The maximum absolute atomic E-state index is 10.9. The predicted octanol–water partition coefficient (Wildman–Crippen LogP) is 0.721. The first-order valence-electron chi connectivity index (χ1n) is 3.71. The summed E-state index contributed by atoms with van der Waals surface area (Å²) in [5.41, 5.74) is 0.820. The molecule has 0 aromatic carbocycles. The third kappa shape index (κ3) is 1.75. The molecule has 1 aromatic rings. The highest BCUT2D eigenvalue weighted by Gasteiger charge is 2.14. The summed E-state index contributed by atoms with van der Waals surface area (Å²) in [5, 5.41) is 2.65. The van der Waals surface area contributed by atoms with Gasteiger partial charge in [0, 0.05) is 22.4 Å². The Morgan fingerprint density at radius 2 is 2.31 bits per heavy atom. The second kappa shape index (κ2) is 3.26. The van der Waals surface area contributed by atoms with Gasteiger partial charge in [-0.2, -0.15) is 0 Å². The van der Waals surface area contributed by atoms with E-state index in [2.05, 4.69) is 31.2 Å². The van der Waals surface area contributed by atoms with E-state index in [1.165, 1.54) is 0 Å². The van der Waals surface area contributed by atoms with Gasteiger partial charge in [0.25, 0.3) is 0 Å². The minimum Gasteiger partial charge on any atom is -0.309 e. The van der Waals surface area contributed by atoms with Gasteiger partial charge in [-0.1, -0.05) is 0 Å². The number of hydrogen-bond acceptors (Lipinski definition) is 3. The van der Waals surface area contributed by atoms with Crippen LogP contribution in [0.15, 0.2) is 27.9 Å². The number of rotatable bonds is 1. The normalized spacial score (nSPS) is 15.5. The van der Waals surface area contributed by atoms with Crippen LogP contribution in [0, 0.1) is 0 Å². The van der Waals surface area contributed by atoms with Crippen molar-refractivity contribution in [2.45, 2.75) is 0 Å². The van der Waals surface area contributed by atoms with Crippen LogP contribution in [-0.4, -0.2) is 23.3 Å². The molecular weight excluding hydrogens is 234 g/mol. The molecule has 66 valence electrons. The van der Waals surface area contributed by atoms with Crippen LogP contribution in [0.1, 0.15) is 5.56 Å². The molecule has 1 aliphatic heterocycles. The third-order valence-electron chi connectivity index (χ3n) is 1.62. The van der Waals surface area contributed by atoms with Gasteiger partial charge in [-0.3, -0.25) is 14.8 Å². The van der Waals surface area contributed by atoms with Crippen molar-refractivity contribution in [3.8, 4) is 0 Å². The summed E-state index contributed by atoms with van der Waals surface area (Å²) in [4.78, 5) is 18.9. The lowest BCUT2D eigenvalue weighted by Gasteiger charge is -1.99. The lowest BCUT2D eigenvalue weighted by Crippen LogP contribution is -2.25. The number of amides is 1. The molecule has 1 amide bonds. The molecule has 0 fully saturated rings. The van der Waals surface area contributed by atoms with Gasteiger partial charge in [0.1, 0.15) is 12.4 Å². The first kappa shape index (κ1) is 8.37. The fourth-order valence-corrected chi connectivity index (χ4v) is 1.43. The lowest BCUT2D eigenvalue weighted by molar-refractivity contribution is -0.117. The molecule has 1 N–H and O–H groups in total. The molecule has 0 unspecified atom stereocenters. The number of carbonyl (C=O) groups excluding carboxylic acids is 1. The largest absolute Gasteiger partial charge is 0.309 e. The molecule has 2 rings (SSSR count). The van der Waals surface area contributed by atoms with E-state index in [1.54, 1.807) is 12.4 Å². The SMILES string of the molecule is O=C1CN=C(c2cncc(Br)c2)N1. The second-order valence-electron chi connectivity index (χ2n) is 2.60. The lowest BCUT2D eigenvalue weighted by atomic mass is 10.3. The molecule has 0 atom stereocenters. The van der Waals surface area contributed by atoms with E-state index in [9.17, 15) is 4.79 Å². The monoisotopic (exact) mass is 239 g/mol. The number of aromatic nitrogens is 1. The number of nitrogens with one attached hydrogen (secondary N) is 1. The van der Waals surface area contributed by atoms with Gasteiger partial charge < -0.3 is 5.32 Å². The van der Waals surface area contributed by atoms with Crippen LogP contribution in [0.3, 0.4) is 0 Å². The Labute approximate surface area is 83.2 Å². The molecule has 2 heterocycles. The summed E-state index contributed by atoms with van der Waals surface area (Å²) in [6.45, 7) is 0.210. The Hall–Kier alpha value is -1.23. The fraction of sp³-hybridized carbons (Fsp3) is 0.125. The highest BCUT2D eigenvalue weighted by atomic mass is 79.9. The molecule has 4 nitrogen and oxygen atoms in total. The molecule has 0 aliphatic carbocycles. The van der Waals surface area contributed by atoms with E-state index in [-0.39, 0.29) is 12.5 Å². The van der Waals surface area contributed by atoms with E-state index >= 15 is 0 Å². The van der Waals surface area contributed by atoms with Crippen molar-refractivity contribution in [2.75, 3.05) is 6.54 Å². The van der Waals surface area contributed by atoms with Crippen LogP contribution in [0.2, 0.25) is 0 Å². The van der Waals surface area contributed by atoms with Gasteiger partial charge in [-0.15, -0.1) is 0 Å². The van der Waals surface area contributed by atoms with Gasteiger partial charge >= 0.3 is 0 Å². The quantitative estimate of drug-likeness (QED) is 0.786. The molecule has 1 aliphatic rings. The van der Waals surface area contributed by atoms with Crippen LogP contribution in [0.5, 0.6) is 0 Å². The Bertz CT molecular complexity index is 389. The number of hydrogen-bond donors (Lipinski definition) is 1. The van der Waals surface area contributed by atoms with Crippen molar-refractivity contribution in [1.29, 1.82) is 0 Å². The summed E-state index contributed by atoms with van der Waals surface area (Å²) in [6.07, 6.45) is 3.34. The van der Waals surface area contributed by atoms with Crippen LogP contribution in [0.4, 0.5) is 0 Å². The summed E-state index contributed by atoms with van der Waals surface area (Å²) in [6, 6.07) is 1.86. The molecule has 0 bridgehead atoms. The number of aliphatic imine (C=N–C) groups is 1. The average Bonchev–Trinajstić information content (AvgIpc) is 2.52. The minimum atomic E-state index is -0.0741. The number of pyridine rings is 1. The predicted molar refractivity (Wildman–Crippen MR) is 51.5 cm³/mol. The Morgan fingerprint density at radius 1 is 1.46 bits per heavy atom. The smallest absolute Gasteiger partial charge is 0.247 e. The third-order valence-corrected chi connectivity index (χ3v) is 2.05. The molecule has 13 heavy (non-hydrogen) atoms. The van der Waals surface area contributed by atoms with Gasteiger partial charge in [-0.25, -0.2) is 0 Å². The zero-order valence-corrected chi connectivity index (χ0v) is 8.21. The number of halogens is 1. The molecular formula is C8H6BrN3O. The molecule has 1 aromatic heterocycles. The van der Waals surface area contributed by atoms with E-state index < -0.39 is 0 Å². The van der Waals surface area contributed by atoms with Crippen molar-refractivity contribution < 1.29 is 4.79 Å². The van der Waals surface area contributed by atoms with Gasteiger partial charge in [-0.05, 0) is 22.0 Å². The summed E-state index contributed by atoms with van der Waals surface area (Å²) in [7, 11) is 0. The molecule has 0 spiro atoms. The molecule has 0 saturated carbocycles. The van der Waals surface area contributed by atoms with Crippen LogP contribution >= 0.6 is 15.9 Å². The van der Waals surface area contributed by atoms with Crippen molar-refractivity contribution >= 4 is 27.7 Å². The Morgan fingerprint density at radius 3 is 2.92 bits per heavy atom. The summed E-state index contributed by atoms with van der Waals surface area (Å²) < 4.78 is 0.869. The van der Waals surface area contributed by atoms with Crippen molar-refractivity contribution in [3.05, 3.63) is 28.5 Å². The average molecular weight is 240 g/mol. The zero-order chi connectivity index (χ0) is 9.26. The molecule has 0 saturated heterocycles. The summed E-state index contributed by atoms with van der Waals surface area (Å²) in [5.74, 6) is 0.522. The Kier molecular flexibility index (Phi) is 2.10. The van der Waals surface area contributed by atoms with Gasteiger partial charge in [0.2, 0.25) is 5.91 Å². The van der Waals surface area contributed by atoms with E-state index in [1.807, 2.05) is 6.07 Å². The van der Waals surface area contributed by atoms with Crippen LogP contribution in [-0.2, 0) is 4.79 Å². The number of carbonyl (C=O) groups is 1. The number of nitrogens with zero attached hydrogens (tertiary/aromatic N) is 2. The second-order valence-corrected chi connectivity index (χ2v) is 3.52. The standard InChI is InChI=1S/C8H6BrN3O/c9-6-1-5(2-10-3-6)8-11-4-7(13)12-8/h1-3H,4H2,(H,11,12,13). The maximum atomic E-state index is 10.9. The van der Waals surface area contributed by atoms with E-state index in [0.717, 1.165) is 10.0 Å². The van der Waals surface area contributed by atoms with E-state index in [0.29, 0.717) is 5.84 Å². The highest BCUT2D eigenvalue weighted by Crippen LogP contribution is 2.10. The molecule has 5 heteroatoms. The van der Waals surface area contributed by atoms with Gasteiger partial charge in [0.15, 0.2) is 0 Å². The first-order valence-corrected chi connectivity index (χ1v) is 4.50. The van der Waals surface area contributed by atoms with Crippen molar-refractivity contribution in [3.63, 3.8) is 0 Å². The van der Waals surface area contributed by atoms with Crippen LogP contribution in [0.25, 0.3) is 0 Å².